The lowest BCUT2D eigenvalue weighted by atomic mass is 9.71. The first-order valence-corrected chi connectivity index (χ1v) is 13.3. The molecule has 0 saturated heterocycles. The standard InChI is InChI=1S/C33H33F3O/c1-2-3-21-4-6-22(7-5-21)23-8-12-25(13-9-23)28-17-16-27(20-30(28)34)24-10-14-26(15-11-24)29-18-19-31(37)33(36)32(29)35/h2-3,10-12,14-23,37H,4-9,13H2,1H3/b3-2+. The van der Waals surface area contributed by atoms with Crippen molar-refractivity contribution >= 4 is 5.57 Å². The molecule has 0 aliphatic heterocycles. The molecule has 37 heavy (non-hydrogen) atoms. The van der Waals surface area contributed by atoms with Gasteiger partial charge in [0.25, 0.3) is 0 Å². The van der Waals surface area contributed by atoms with E-state index in [1.165, 1.54) is 31.7 Å². The van der Waals surface area contributed by atoms with Crippen LogP contribution in [0.1, 0.15) is 57.4 Å². The summed E-state index contributed by atoms with van der Waals surface area (Å²) in [7, 11) is 0. The van der Waals surface area contributed by atoms with Gasteiger partial charge in [0.15, 0.2) is 11.6 Å². The zero-order chi connectivity index (χ0) is 25.9. The number of rotatable bonds is 5. The Hall–Kier alpha value is -3.27. The Morgan fingerprint density at radius 2 is 1.41 bits per heavy atom. The Morgan fingerprint density at radius 3 is 2.05 bits per heavy atom. The van der Waals surface area contributed by atoms with E-state index in [4.69, 9.17) is 0 Å². The minimum Gasteiger partial charge on any atom is -0.505 e. The van der Waals surface area contributed by atoms with Crippen molar-refractivity contribution in [2.75, 3.05) is 0 Å². The summed E-state index contributed by atoms with van der Waals surface area (Å²) < 4.78 is 43.2. The van der Waals surface area contributed by atoms with Crippen molar-refractivity contribution in [2.45, 2.75) is 51.9 Å². The predicted molar refractivity (Wildman–Crippen MR) is 144 cm³/mol. The quantitative estimate of drug-likeness (QED) is 0.344. The number of phenolic OH excluding ortho intramolecular Hbond substituents is 1. The first-order chi connectivity index (χ1) is 17.9. The fourth-order valence-electron chi connectivity index (χ4n) is 6.17. The molecule has 1 N–H and O–H groups in total. The third-order valence-corrected chi connectivity index (χ3v) is 8.31. The van der Waals surface area contributed by atoms with E-state index in [1.807, 2.05) is 12.1 Å². The fraction of sp³-hybridized carbons (Fsp3) is 0.333. The molecule has 1 nitrogen and oxygen atoms in total. The second kappa shape index (κ2) is 11.0. The van der Waals surface area contributed by atoms with Gasteiger partial charge in [-0.05, 0) is 110 Å². The van der Waals surface area contributed by atoms with Crippen LogP contribution in [0.3, 0.4) is 0 Å². The summed E-state index contributed by atoms with van der Waals surface area (Å²) in [6.07, 6.45) is 15.1. The van der Waals surface area contributed by atoms with Crippen LogP contribution in [0, 0.1) is 35.2 Å². The number of halogens is 3. The van der Waals surface area contributed by atoms with Crippen molar-refractivity contribution < 1.29 is 18.3 Å². The molecule has 0 spiro atoms. The van der Waals surface area contributed by atoms with E-state index in [1.54, 1.807) is 30.3 Å². The number of hydrogen-bond acceptors (Lipinski definition) is 1. The van der Waals surface area contributed by atoms with Gasteiger partial charge in [-0.25, -0.2) is 8.78 Å². The molecule has 0 aromatic heterocycles. The molecule has 5 rings (SSSR count). The topological polar surface area (TPSA) is 20.2 Å². The summed E-state index contributed by atoms with van der Waals surface area (Å²) in [5.41, 5.74) is 3.85. The molecule has 0 radical (unpaired) electrons. The maximum absolute atomic E-state index is 15.2. The number of phenols is 1. The normalized spacial score (nSPS) is 22.3. The van der Waals surface area contributed by atoms with E-state index in [2.05, 4.69) is 25.2 Å². The minimum atomic E-state index is -1.26. The highest BCUT2D eigenvalue weighted by molar-refractivity contribution is 5.74. The first-order valence-electron chi connectivity index (χ1n) is 13.3. The highest BCUT2D eigenvalue weighted by Gasteiger charge is 2.28. The third kappa shape index (κ3) is 5.39. The SMILES string of the molecule is C/C=C/C1CCC(C2CC=C(c3ccc(-c4ccc(-c5ccc(O)c(F)c5F)cc4)cc3F)CC2)CC1. The average molecular weight is 503 g/mol. The highest BCUT2D eigenvalue weighted by atomic mass is 19.2. The lowest BCUT2D eigenvalue weighted by Gasteiger charge is -2.35. The fourth-order valence-corrected chi connectivity index (χ4v) is 6.17. The summed E-state index contributed by atoms with van der Waals surface area (Å²) in [6.45, 7) is 2.10. The molecular formula is C33H33F3O. The van der Waals surface area contributed by atoms with Crippen molar-refractivity contribution in [3.05, 3.63) is 95.8 Å². The molecule has 3 aromatic carbocycles. The van der Waals surface area contributed by atoms with Crippen LogP contribution in [-0.4, -0.2) is 5.11 Å². The number of allylic oxidation sites excluding steroid dienone is 4. The Morgan fingerprint density at radius 1 is 0.730 bits per heavy atom. The molecule has 2 aliphatic rings. The highest BCUT2D eigenvalue weighted by Crippen LogP contribution is 2.42. The summed E-state index contributed by atoms with van der Waals surface area (Å²) in [5.74, 6) is -1.05. The van der Waals surface area contributed by atoms with Gasteiger partial charge in [-0.3, -0.25) is 0 Å². The number of benzene rings is 3. The first kappa shape index (κ1) is 25.4. The van der Waals surface area contributed by atoms with Crippen LogP contribution < -0.4 is 0 Å². The molecule has 3 aromatic rings. The van der Waals surface area contributed by atoms with E-state index in [9.17, 15) is 13.9 Å². The van der Waals surface area contributed by atoms with E-state index in [0.717, 1.165) is 53.9 Å². The zero-order valence-electron chi connectivity index (χ0n) is 21.2. The van der Waals surface area contributed by atoms with Gasteiger partial charge in [0.2, 0.25) is 5.82 Å². The van der Waals surface area contributed by atoms with E-state index >= 15 is 4.39 Å². The van der Waals surface area contributed by atoms with Crippen LogP contribution in [0.2, 0.25) is 0 Å². The molecule has 0 heterocycles. The van der Waals surface area contributed by atoms with Crippen LogP contribution in [0.25, 0.3) is 27.8 Å². The molecule has 1 atom stereocenters. The van der Waals surface area contributed by atoms with Crippen molar-refractivity contribution in [1.29, 1.82) is 0 Å². The Labute approximate surface area is 217 Å². The summed E-state index contributed by atoms with van der Waals surface area (Å²) in [6, 6.07) is 14.7. The molecule has 0 bridgehead atoms. The molecule has 1 fully saturated rings. The smallest absolute Gasteiger partial charge is 0.200 e. The number of aromatic hydroxyl groups is 1. The second-order valence-corrected chi connectivity index (χ2v) is 10.5. The lowest BCUT2D eigenvalue weighted by Crippen LogP contribution is -2.22. The van der Waals surface area contributed by atoms with Crippen molar-refractivity contribution in [3.8, 4) is 28.0 Å². The van der Waals surface area contributed by atoms with Gasteiger partial charge in [0.1, 0.15) is 5.82 Å². The molecule has 192 valence electrons. The van der Waals surface area contributed by atoms with Crippen molar-refractivity contribution in [2.24, 2.45) is 17.8 Å². The van der Waals surface area contributed by atoms with Gasteiger partial charge < -0.3 is 5.11 Å². The Balaban J connectivity index is 1.26. The largest absolute Gasteiger partial charge is 0.505 e. The van der Waals surface area contributed by atoms with Crippen molar-refractivity contribution in [1.82, 2.24) is 0 Å². The predicted octanol–water partition coefficient (Wildman–Crippen LogP) is 9.71. The van der Waals surface area contributed by atoms with Crippen LogP contribution in [0.4, 0.5) is 13.2 Å². The second-order valence-electron chi connectivity index (χ2n) is 10.5. The number of hydrogen-bond donors (Lipinski definition) is 1. The monoisotopic (exact) mass is 502 g/mol. The molecule has 0 amide bonds. The molecular weight excluding hydrogens is 469 g/mol. The van der Waals surface area contributed by atoms with Gasteiger partial charge in [-0.15, -0.1) is 0 Å². The zero-order valence-corrected chi connectivity index (χ0v) is 21.2. The van der Waals surface area contributed by atoms with Gasteiger partial charge in [-0.1, -0.05) is 54.6 Å². The molecule has 1 unspecified atom stereocenters. The average Bonchev–Trinajstić information content (AvgIpc) is 2.93. The maximum Gasteiger partial charge on any atom is 0.200 e. The molecule has 1 saturated carbocycles. The summed E-state index contributed by atoms with van der Waals surface area (Å²) in [4.78, 5) is 0. The van der Waals surface area contributed by atoms with E-state index < -0.39 is 17.4 Å². The third-order valence-electron chi connectivity index (χ3n) is 8.31. The minimum absolute atomic E-state index is 0.0664. The lowest BCUT2D eigenvalue weighted by molar-refractivity contribution is 0.212. The molecule has 2 aliphatic carbocycles. The maximum atomic E-state index is 15.2. The molecule has 4 heteroatoms. The Kier molecular flexibility index (Phi) is 7.55. The summed E-state index contributed by atoms with van der Waals surface area (Å²) >= 11 is 0. The van der Waals surface area contributed by atoms with Crippen LogP contribution in [0.15, 0.2) is 72.8 Å². The van der Waals surface area contributed by atoms with Crippen LogP contribution in [0.5, 0.6) is 5.75 Å². The van der Waals surface area contributed by atoms with Crippen LogP contribution >= 0.6 is 0 Å². The van der Waals surface area contributed by atoms with E-state index in [-0.39, 0.29) is 11.4 Å². The van der Waals surface area contributed by atoms with Crippen LogP contribution in [-0.2, 0) is 0 Å². The summed E-state index contributed by atoms with van der Waals surface area (Å²) in [5, 5.41) is 9.35. The van der Waals surface area contributed by atoms with Gasteiger partial charge in [-0.2, -0.15) is 4.39 Å². The van der Waals surface area contributed by atoms with E-state index in [0.29, 0.717) is 17.0 Å². The van der Waals surface area contributed by atoms with Gasteiger partial charge in [0.05, 0.1) is 0 Å². The van der Waals surface area contributed by atoms with Gasteiger partial charge >= 0.3 is 0 Å². The van der Waals surface area contributed by atoms with Crippen molar-refractivity contribution in [3.63, 3.8) is 0 Å². The Bertz CT molecular complexity index is 1310. The van der Waals surface area contributed by atoms with Gasteiger partial charge in [0, 0.05) is 11.1 Å².